The van der Waals surface area contributed by atoms with Crippen molar-refractivity contribution in [3.05, 3.63) is 0 Å². The van der Waals surface area contributed by atoms with Gasteiger partial charge in [-0.2, -0.15) is 35.1 Å². The molecule has 0 aromatic rings. The van der Waals surface area contributed by atoms with Gasteiger partial charge in [0.1, 0.15) is 10.8 Å². The van der Waals surface area contributed by atoms with Gasteiger partial charge in [0.25, 0.3) is 0 Å². The zero-order chi connectivity index (χ0) is 28.1. The summed E-state index contributed by atoms with van der Waals surface area (Å²) in [7, 11) is -5.29. The van der Waals surface area contributed by atoms with Crippen molar-refractivity contribution in [2.24, 2.45) is 16.7 Å². The smallest absolute Gasteiger partial charge is 0.304 e. The van der Waals surface area contributed by atoms with Crippen LogP contribution < -0.4 is 0 Å². The molecular formula is C19H29F8O5PS2. The van der Waals surface area contributed by atoms with E-state index in [0.717, 1.165) is 6.92 Å². The van der Waals surface area contributed by atoms with Crippen molar-refractivity contribution in [3.63, 3.8) is 0 Å². The second-order valence-corrected chi connectivity index (χ2v) is 12.8. The van der Waals surface area contributed by atoms with Crippen LogP contribution in [0.1, 0.15) is 48.0 Å². The van der Waals surface area contributed by atoms with Gasteiger partial charge in [0.15, 0.2) is 0 Å². The Morgan fingerprint density at radius 2 is 1.09 bits per heavy atom. The number of carbonyl (C=O) groups excluding carboxylic acids is 2. The van der Waals surface area contributed by atoms with Gasteiger partial charge in [-0.25, -0.2) is 0 Å². The van der Waals surface area contributed by atoms with Gasteiger partial charge in [-0.1, -0.05) is 37.4 Å². The first-order chi connectivity index (χ1) is 15.5. The molecular weight excluding hydrogens is 555 g/mol. The average molecular weight is 585 g/mol. The van der Waals surface area contributed by atoms with Gasteiger partial charge in [0, 0.05) is 17.4 Å². The molecule has 0 rings (SSSR count). The van der Waals surface area contributed by atoms with Crippen LogP contribution in [0.5, 0.6) is 0 Å². The maximum Gasteiger partial charge on any atom is 0.401 e. The minimum Gasteiger partial charge on any atom is -0.304 e. The lowest BCUT2D eigenvalue weighted by atomic mass is 9.95. The summed E-state index contributed by atoms with van der Waals surface area (Å²) in [6.07, 6.45) is -9.87. The number of hydrogen-bond donors (Lipinski definition) is 0. The fraction of sp³-hybridized carbons (Fsp3) is 0.895. The predicted octanol–water partition coefficient (Wildman–Crippen LogP) is 7.55. The maximum absolute atomic E-state index is 14.8. The van der Waals surface area contributed by atoms with Crippen molar-refractivity contribution in [3.8, 4) is 0 Å². The van der Waals surface area contributed by atoms with Crippen LogP contribution in [-0.2, 0) is 23.2 Å². The Morgan fingerprint density at radius 1 is 0.771 bits per heavy atom. The van der Waals surface area contributed by atoms with Gasteiger partial charge in [-0.15, -0.1) is 0 Å². The second-order valence-electron chi connectivity index (χ2n) is 8.58. The largest absolute Gasteiger partial charge is 0.401 e. The third-order valence-corrected chi connectivity index (χ3v) is 9.67. The Balaban J connectivity index is 5.24. The summed E-state index contributed by atoms with van der Waals surface area (Å²) < 4.78 is 129. The molecule has 0 aromatic heterocycles. The van der Waals surface area contributed by atoms with Crippen LogP contribution in [0.25, 0.3) is 0 Å². The van der Waals surface area contributed by atoms with Gasteiger partial charge >= 0.3 is 25.6 Å². The molecule has 5 nitrogen and oxygen atoms in total. The second kappa shape index (κ2) is 12.4. The predicted molar refractivity (Wildman–Crippen MR) is 119 cm³/mol. The van der Waals surface area contributed by atoms with Crippen LogP contribution in [0, 0.1) is 16.7 Å². The van der Waals surface area contributed by atoms with Crippen LogP contribution in [0.4, 0.5) is 35.1 Å². The lowest BCUT2D eigenvalue weighted by molar-refractivity contribution is -0.206. The Labute approximate surface area is 207 Å². The molecule has 0 heterocycles. The number of carbonyl (C=O) groups is 2. The van der Waals surface area contributed by atoms with Crippen LogP contribution in [-0.4, -0.2) is 53.0 Å². The summed E-state index contributed by atoms with van der Waals surface area (Å²) in [6, 6.07) is 0. The molecule has 0 saturated carbocycles. The SMILES string of the molecule is CCC(C)C(F)(F)P(=O)(OCCSC(=O)C(C)(C)C(F)(F)F)OCCSC(=O)C(C)(C)C(F)(F)F. The highest BCUT2D eigenvalue weighted by Gasteiger charge is 2.57. The molecule has 0 aromatic carbocycles. The summed E-state index contributed by atoms with van der Waals surface area (Å²) in [5, 5.41) is -2.61. The first-order valence-corrected chi connectivity index (χ1v) is 13.7. The van der Waals surface area contributed by atoms with Crippen molar-refractivity contribution in [1.29, 1.82) is 0 Å². The number of rotatable bonds is 13. The number of thioether (sulfide) groups is 2. The standard InChI is InChI=1S/C19H29F8O5PS2/c1-7-12(2)17(20,21)33(30,31-8-10-34-13(28)15(3,4)18(22,23)24)32-9-11-35-14(29)16(5,6)19(25,26)27/h12H,7-11H2,1-6H3. The molecule has 0 aliphatic carbocycles. The molecule has 0 N–H and O–H groups in total. The normalized spacial score (nSPS) is 15.3. The highest BCUT2D eigenvalue weighted by atomic mass is 32.2. The molecule has 1 atom stereocenters. The number of alkyl halides is 8. The molecule has 0 radical (unpaired) electrons. The van der Waals surface area contributed by atoms with Crippen molar-refractivity contribution < 1.29 is 58.3 Å². The van der Waals surface area contributed by atoms with Gasteiger partial charge in [-0.05, 0) is 34.1 Å². The zero-order valence-electron chi connectivity index (χ0n) is 19.9. The summed E-state index contributed by atoms with van der Waals surface area (Å²) in [4.78, 5) is 23.7. The van der Waals surface area contributed by atoms with Crippen LogP contribution >= 0.6 is 31.1 Å². The molecule has 0 spiro atoms. The highest BCUT2D eigenvalue weighted by Crippen LogP contribution is 2.65. The first-order valence-electron chi connectivity index (χ1n) is 10.2. The van der Waals surface area contributed by atoms with E-state index in [9.17, 15) is 49.3 Å². The zero-order valence-corrected chi connectivity index (χ0v) is 22.5. The summed E-state index contributed by atoms with van der Waals surface area (Å²) in [5.74, 6) is -2.62. The number of hydrogen-bond acceptors (Lipinski definition) is 7. The van der Waals surface area contributed by atoms with Crippen LogP contribution in [0.15, 0.2) is 0 Å². The van der Waals surface area contributed by atoms with E-state index < -0.39 is 77.3 Å². The molecule has 0 amide bonds. The van der Waals surface area contributed by atoms with Gasteiger partial charge in [0.2, 0.25) is 10.2 Å². The number of halogens is 8. The van der Waals surface area contributed by atoms with Crippen LogP contribution in [0.3, 0.4) is 0 Å². The van der Waals surface area contributed by atoms with E-state index in [2.05, 4.69) is 0 Å². The molecule has 208 valence electrons. The minimum absolute atomic E-state index is 0.152. The summed E-state index contributed by atoms with van der Waals surface area (Å²) in [5.41, 5.74) is -9.49. The first kappa shape index (κ1) is 34.6. The highest BCUT2D eigenvalue weighted by molar-refractivity contribution is 8.14. The monoisotopic (exact) mass is 584 g/mol. The molecule has 16 heteroatoms. The van der Waals surface area contributed by atoms with E-state index in [0.29, 0.717) is 27.7 Å². The molecule has 0 aliphatic rings. The summed E-state index contributed by atoms with van der Waals surface area (Å²) in [6.45, 7) is 3.33. The fourth-order valence-electron chi connectivity index (χ4n) is 1.90. The van der Waals surface area contributed by atoms with E-state index in [1.54, 1.807) is 0 Å². The Bertz CT molecular complexity index is 734. The molecule has 0 aliphatic heterocycles. The molecule has 35 heavy (non-hydrogen) atoms. The summed E-state index contributed by atoms with van der Waals surface area (Å²) >= 11 is 0.304. The third kappa shape index (κ3) is 8.58. The van der Waals surface area contributed by atoms with Gasteiger partial charge < -0.3 is 9.05 Å². The maximum atomic E-state index is 14.8. The Morgan fingerprint density at radius 3 is 1.34 bits per heavy atom. The lowest BCUT2D eigenvalue weighted by Gasteiger charge is -2.30. The van der Waals surface area contributed by atoms with E-state index >= 15 is 0 Å². The lowest BCUT2D eigenvalue weighted by Crippen LogP contribution is -2.38. The Kier molecular flexibility index (Phi) is 12.3. The van der Waals surface area contributed by atoms with E-state index in [1.165, 1.54) is 6.92 Å². The van der Waals surface area contributed by atoms with Crippen molar-refractivity contribution in [1.82, 2.24) is 0 Å². The molecule has 1 unspecified atom stereocenters. The van der Waals surface area contributed by atoms with Crippen molar-refractivity contribution in [2.75, 3.05) is 24.7 Å². The van der Waals surface area contributed by atoms with E-state index in [4.69, 9.17) is 9.05 Å². The molecule has 0 bridgehead atoms. The molecule has 0 fully saturated rings. The minimum atomic E-state index is -5.29. The van der Waals surface area contributed by atoms with E-state index in [1.807, 2.05) is 0 Å². The fourth-order valence-corrected chi connectivity index (χ4v) is 5.61. The van der Waals surface area contributed by atoms with Gasteiger partial charge in [0.05, 0.1) is 13.2 Å². The van der Waals surface area contributed by atoms with Crippen molar-refractivity contribution >= 4 is 41.4 Å². The topological polar surface area (TPSA) is 69.7 Å². The third-order valence-electron chi connectivity index (χ3n) is 5.16. The Hall–Kier alpha value is -0.370. The van der Waals surface area contributed by atoms with Gasteiger partial charge in [-0.3, -0.25) is 14.2 Å². The quantitative estimate of drug-likeness (QED) is 0.126. The molecule has 0 saturated heterocycles. The van der Waals surface area contributed by atoms with Crippen molar-refractivity contribution in [2.45, 2.75) is 66.0 Å². The van der Waals surface area contributed by atoms with E-state index in [-0.39, 0.29) is 29.9 Å². The van der Waals surface area contributed by atoms with Crippen LogP contribution in [0.2, 0.25) is 0 Å². The average Bonchev–Trinajstić information content (AvgIpc) is 2.71.